The molecule has 0 saturated carbocycles. The Hall–Kier alpha value is -0.660. The first-order valence-electron chi connectivity index (χ1n) is 4.95. The lowest BCUT2D eigenvalue weighted by atomic mass is 9.98. The zero-order valence-corrected chi connectivity index (χ0v) is 10.5. The highest BCUT2D eigenvalue weighted by Gasteiger charge is 2.33. The average Bonchev–Trinajstić information content (AvgIpc) is 2.23. The molecule has 96 valence electrons. The fourth-order valence-corrected chi connectivity index (χ4v) is 1.45. The molecule has 1 unspecified atom stereocenters. The van der Waals surface area contributed by atoms with Gasteiger partial charge in [-0.25, -0.2) is 8.42 Å². The summed E-state index contributed by atoms with van der Waals surface area (Å²) in [6, 6.07) is 0. The zero-order valence-electron chi connectivity index (χ0n) is 9.73. The van der Waals surface area contributed by atoms with Crippen LogP contribution in [0.25, 0.3) is 0 Å². The van der Waals surface area contributed by atoms with Gasteiger partial charge >= 0.3 is 0 Å². The highest BCUT2D eigenvalue weighted by molar-refractivity contribution is 7.92. The van der Waals surface area contributed by atoms with Gasteiger partial charge in [0.2, 0.25) is 5.91 Å². The van der Waals surface area contributed by atoms with Crippen molar-refractivity contribution in [2.75, 3.05) is 19.5 Å². The van der Waals surface area contributed by atoms with E-state index in [0.717, 1.165) is 6.26 Å². The summed E-state index contributed by atoms with van der Waals surface area (Å²) in [5.74, 6) is -0.715. The largest absolute Gasteiger partial charge is 0.394 e. The van der Waals surface area contributed by atoms with Crippen LogP contribution in [0, 0.1) is 0 Å². The maximum Gasteiger partial charge on any atom is 0.238 e. The molecule has 0 aromatic rings. The second kappa shape index (κ2) is 5.60. The average molecular weight is 253 g/mol. The van der Waals surface area contributed by atoms with Crippen LogP contribution in [0.5, 0.6) is 0 Å². The highest BCUT2D eigenvalue weighted by Crippen LogP contribution is 2.10. The summed E-state index contributed by atoms with van der Waals surface area (Å²) in [5.41, 5.74) is -1.16. The highest BCUT2D eigenvalue weighted by atomic mass is 32.2. The quantitative estimate of drug-likeness (QED) is 0.544. The van der Waals surface area contributed by atoms with Crippen LogP contribution >= 0.6 is 0 Å². The van der Waals surface area contributed by atoms with Gasteiger partial charge in [0, 0.05) is 6.26 Å². The topological polar surface area (TPSA) is 104 Å². The minimum atomic E-state index is -3.47. The van der Waals surface area contributed by atoms with Crippen molar-refractivity contribution >= 4 is 15.7 Å². The monoisotopic (exact) mass is 253 g/mol. The van der Waals surface area contributed by atoms with Crippen LogP contribution in [0.4, 0.5) is 0 Å². The van der Waals surface area contributed by atoms with E-state index >= 15 is 0 Å². The number of rotatable bonds is 6. The van der Waals surface area contributed by atoms with E-state index in [2.05, 4.69) is 5.32 Å². The first kappa shape index (κ1) is 15.3. The number of nitrogens with one attached hydrogen (secondary N) is 1. The number of aliphatic hydroxyl groups excluding tert-OH is 2. The van der Waals surface area contributed by atoms with Crippen molar-refractivity contribution in [2.24, 2.45) is 0 Å². The number of hydrogen-bond acceptors (Lipinski definition) is 5. The van der Waals surface area contributed by atoms with Crippen LogP contribution in [-0.2, 0) is 14.6 Å². The van der Waals surface area contributed by atoms with Gasteiger partial charge in [-0.15, -0.1) is 0 Å². The van der Waals surface area contributed by atoms with Crippen LogP contribution in [-0.4, -0.2) is 54.8 Å². The Labute approximate surface area is 95.6 Å². The van der Waals surface area contributed by atoms with Crippen molar-refractivity contribution in [1.29, 1.82) is 0 Å². The summed E-state index contributed by atoms with van der Waals surface area (Å²) >= 11 is 0. The van der Waals surface area contributed by atoms with Crippen molar-refractivity contribution in [3.8, 4) is 0 Å². The van der Waals surface area contributed by atoms with Crippen molar-refractivity contribution in [2.45, 2.75) is 31.1 Å². The third-order valence-corrected chi connectivity index (χ3v) is 4.18. The Morgan fingerprint density at radius 2 is 1.81 bits per heavy atom. The van der Waals surface area contributed by atoms with E-state index in [0.29, 0.717) is 6.42 Å². The molecule has 0 bridgehead atoms. The molecule has 0 aliphatic rings. The first-order valence-corrected chi connectivity index (χ1v) is 6.90. The summed E-state index contributed by atoms with van der Waals surface area (Å²) in [5, 5.41) is 19.3. The van der Waals surface area contributed by atoms with Crippen LogP contribution in [0.3, 0.4) is 0 Å². The van der Waals surface area contributed by atoms with Gasteiger partial charge in [-0.3, -0.25) is 4.79 Å². The molecular formula is C9H19NO5S. The summed E-state index contributed by atoms with van der Waals surface area (Å²) < 4.78 is 22.3. The van der Waals surface area contributed by atoms with Gasteiger partial charge in [0.05, 0.1) is 18.8 Å². The Kier molecular flexibility index (Phi) is 5.37. The van der Waals surface area contributed by atoms with E-state index in [9.17, 15) is 13.2 Å². The lowest BCUT2D eigenvalue weighted by Crippen LogP contribution is -2.56. The normalized spacial score (nSPS) is 14.6. The SMILES string of the molecule is CCC(CO)(CO)NC(=O)C(C)S(C)(=O)=O. The molecule has 0 saturated heterocycles. The minimum Gasteiger partial charge on any atom is -0.394 e. The van der Waals surface area contributed by atoms with E-state index in [-0.39, 0.29) is 0 Å². The lowest BCUT2D eigenvalue weighted by Gasteiger charge is -2.30. The predicted molar refractivity (Wildman–Crippen MR) is 59.6 cm³/mol. The van der Waals surface area contributed by atoms with E-state index in [1.807, 2.05) is 0 Å². The van der Waals surface area contributed by atoms with E-state index in [1.54, 1.807) is 6.92 Å². The molecule has 0 aliphatic heterocycles. The molecule has 0 aliphatic carbocycles. The van der Waals surface area contributed by atoms with Gasteiger partial charge in [-0.2, -0.15) is 0 Å². The van der Waals surface area contributed by atoms with Gasteiger partial charge in [0.15, 0.2) is 9.84 Å². The molecule has 0 spiro atoms. The van der Waals surface area contributed by atoms with Crippen LogP contribution in [0.2, 0.25) is 0 Å². The van der Waals surface area contributed by atoms with Gasteiger partial charge in [0.1, 0.15) is 5.25 Å². The van der Waals surface area contributed by atoms with Gasteiger partial charge in [0.25, 0.3) is 0 Å². The third kappa shape index (κ3) is 3.73. The summed E-state index contributed by atoms with van der Waals surface area (Å²) in [4.78, 5) is 11.6. The van der Waals surface area contributed by atoms with Crippen LogP contribution in [0.1, 0.15) is 20.3 Å². The first-order chi connectivity index (χ1) is 7.22. The molecule has 0 aromatic carbocycles. The van der Waals surface area contributed by atoms with Crippen molar-refractivity contribution in [3.05, 3.63) is 0 Å². The Balaban J connectivity index is 4.79. The zero-order chi connectivity index (χ0) is 13.0. The van der Waals surface area contributed by atoms with Crippen molar-refractivity contribution < 1.29 is 23.4 Å². The van der Waals surface area contributed by atoms with E-state index < -0.39 is 39.7 Å². The number of aliphatic hydroxyl groups is 2. The molecule has 0 radical (unpaired) electrons. The van der Waals surface area contributed by atoms with E-state index in [1.165, 1.54) is 6.92 Å². The number of sulfone groups is 1. The van der Waals surface area contributed by atoms with Crippen molar-refractivity contribution in [1.82, 2.24) is 5.32 Å². The summed E-state index contributed by atoms with van der Waals surface area (Å²) in [7, 11) is -3.47. The number of carbonyl (C=O) groups is 1. The van der Waals surface area contributed by atoms with E-state index in [4.69, 9.17) is 10.2 Å². The Morgan fingerprint density at radius 1 is 1.38 bits per heavy atom. The standard InChI is InChI=1S/C9H19NO5S/c1-4-9(5-11,6-12)10-8(13)7(2)16(3,14)15/h7,11-12H,4-6H2,1-3H3,(H,10,13). The second-order valence-electron chi connectivity index (χ2n) is 3.91. The summed E-state index contributed by atoms with van der Waals surface area (Å²) in [6.45, 7) is 2.06. The maximum atomic E-state index is 11.6. The van der Waals surface area contributed by atoms with Crippen molar-refractivity contribution in [3.63, 3.8) is 0 Å². The molecular weight excluding hydrogens is 234 g/mol. The molecule has 0 rings (SSSR count). The predicted octanol–water partition coefficient (Wildman–Crippen LogP) is -1.33. The number of hydrogen-bond donors (Lipinski definition) is 3. The van der Waals surface area contributed by atoms with Crippen LogP contribution in [0.15, 0.2) is 0 Å². The Morgan fingerprint density at radius 3 is 2.06 bits per heavy atom. The molecule has 0 aromatic heterocycles. The molecule has 7 heteroatoms. The third-order valence-electron chi connectivity index (χ3n) is 2.68. The number of carbonyl (C=O) groups excluding carboxylic acids is 1. The molecule has 6 nitrogen and oxygen atoms in total. The molecule has 16 heavy (non-hydrogen) atoms. The Bertz CT molecular complexity index is 326. The molecule has 1 atom stereocenters. The fourth-order valence-electron chi connectivity index (χ4n) is 0.998. The molecule has 3 N–H and O–H groups in total. The lowest BCUT2D eigenvalue weighted by molar-refractivity contribution is -0.123. The van der Waals surface area contributed by atoms with Gasteiger partial charge < -0.3 is 15.5 Å². The van der Waals surface area contributed by atoms with Gasteiger partial charge in [-0.1, -0.05) is 6.92 Å². The smallest absolute Gasteiger partial charge is 0.238 e. The maximum absolute atomic E-state index is 11.6. The second-order valence-corrected chi connectivity index (χ2v) is 6.28. The van der Waals surface area contributed by atoms with Gasteiger partial charge in [-0.05, 0) is 13.3 Å². The van der Waals surface area contributed by atoms with Crippen LogP contribution < -0.4 is 5.32 Å². The number of amides is 1. The molecule has 0 fully saturated rings. The minimum absolute atomic E-state index is 0.308. The molecule has 0 heterocycles. The fraction of sp³-hybridized carbons (Fsp3) is 0.889. The summed E-state index contributed by atoms with van der Waals surface area (Å²) in [6.07, 6.45) is 1.27. The molecule has 1 amide bonds.